The Labute approximate surface area is 152 Å². The summed E-state index contributed by atoms with van der Waals surface area (Å²) in [7, 11) is 1.76. The summed E-state index contributed by atoms with van der Waals surface area (Å²) in [6.45, 7) is 4.94. The molecule has 0 atom stereocenters. The number of nitrogens with zero attached hydrogens (tertiary/aromatic N) is 8. The van der Waals surface area contributed by atoms with E-state index >= 15 is 0 Å². The van der Waals surface area contributed by atoms with E-state index in [1.165, 1.54) is 19.3 Å². The SMILES string of the molecule is Cn1cc(C(=O)N2CCN(c3cc(N4CCCCC4)ncn3)CC2)nn1. The van der Waals surface area contributed by atoms with Crippen LogP contribution in [0.4, 0.5) is 11.6 Å². The molecule has 2 saturated heterocycles. The predicted octanol–water partition coefficient (Wildman–Crippen LogP) is 0.558. The maximum absolute atomic E-state index is 12.5. The second-order valence-corrected chi connectivity index (χ2v) is 6.84. The topological polar surface area (TPSA) is 83.3 Å². The molecular formula is C17H24N8O. The highest BCUT2D eigenvalue weighted by atomic mass is 16.2. The number of aromatic nitrogens is 5. The highest BCUT2D eigenvalue weighted by molar-refractivity contribution is 5.92. The number of carbonyl (C=O) groups excluding carboxylic acids is 1. The number of amides is 1. The zero-order valence-corrected chi connectivity index (χ0v) is 15.1. The minimum Gasteiger partial charge on any atom is -0.356 e. The van der Waals surface area contributed by atoms with E-state index < -0.39 is 0 Å². The largest absolute Gasteiger partial charge is 0.356 e. The van der Waals surface area contributed by atoms with Crippen molar-refractivity contribution >= 4 is 17.5 Å². The van der Waals surface area contributed by atoms with Crippen molar-refractivity contribution in [2.24, 2.45) is 7.05 Å². The molecule has 0 aromatic carbocycles. The molecule has 0 unspecified atom stereocenters. The smallest absolute Gasteiger partial charge is 0.276 e. The van der Waals surface area contributed by atoms with Crippen molar-refractivity contribution in [3.63, 3.8) is 0 Å². The van der Waals surface area contributed by atoms with Gasteiger partial charge >= 0.3 is 0 Å². The molecule has 0 aliphatic carbocycles. The lowest BCUT2D eigenvalue weighted by Gasteiger charge is -2.35. The van der Waals surface area contributed by atoms with Gasteiger partial charge in [-0.15, -0.1) is 5.10 Å². The molecule has 0 saturated carbocycles. The lowest BCUT2D eigenvalue weighted by molar-refractivity contribution is 0.0740. The molecule has 9 nitrogen and oxygen atoms in total. The number of hydrogen-bond donors (Lipinski definition) is 0. The maximum atomic E-state index is 12.5. The summed E-state index contributed by atoms with van der Waals surface area (Å²) < 4.78 is 1.55. The van der Waals surface area contributed by atoms with Crippen LogP contribution in [0, 0.1) is 0 Å². The van der Waals surface area contributed by atoms with E-state index in [9.17, 15) is 4.79 Å². The quantitative estimate of drug-likeness (QED) is 0.794. The van der Waals surface area contributed by atoms with E-state index in [4.69, 9.17) is 0 Å². The van der Waals surface area contributed by atoms with Crippen LogP contribution in [0.3, 0.4) is 0 Å². The Balaban J connectivity index is 1.39. The molecule has 4 rings (SSSR count). The first-order valence-electron chi connectivity index (χ1n) is 9.18. The first-order chi connectivity index (χ1) is 12.7. The third-order valence-corrected chi connectivity index (χ3v) is 5.03. The fourth-order valence-electron chi connectivity index (χ4n) is 3.55. The van der Waals surface area contributed by atoms with Crippen molar-refractivity contribution in [1.82, 2.24) is 29.9 Å². The molecule has 1 amide bonds. The summed E-state index contributed by atoms with van der Waals surface area (Å²) in [5.41, 5.74) is 0.398. The molecule has 0 radical (unpaired) electrons. The molecule has 0 spiro atoms. The Kier molecular flexibility index (Phi) is 4.68. The van der Waals surface area contributed by atoms with Gasteiger partial charge in [-0.25, -0.2) is 9.97 Å². The molecule has 138 valence electrons. The second-order valence-electron chi connectivity index (χ2n) is 6.84. The normalized spacial score (nSPS) is 18.3. The molecule has 9 heteroatoms. The number of anilines is 2. The molecular weight excluding hydrogens is 332 g/mol. The van der Waals surface area contributed by atoms with Crippen molar-refractivity contribution in [3.8, 4) is 0 Å². The third kappa shape index (κ3) is 3.47. The van der Waals surface area contributed by atoms with Crippen LogP contribution >= 0.6 is 0 Å². The highest BCUT2D eigenvalue weighted by Crippen LogP contribution is 2.22. The molecule has 2 aliphatic rings. The number of carbonyl (C=O) groups is 1. The van der Waals surface area contributed by atoms with Crippen molar-refractivity contribution in [2.45, 2.75) is 19.3 Å². The van der Waals surface area contributed by atoms with E-state index in [2.05, 4.69) is 36.1 Å². The number of rotatable bonds is 3. The number of piperazine rings is 1. The molecule has 2 aromatic rings. The van der Waals surface area contributed by atoms with Crippen LogP contribution in [0.1, 0.15) is 29.8 Å². The predicted molar refractivity (Wildman–Crippen MR) is 97.2 cm³/mol. The Morgan fingerprint density at radius 2 is 1.58 bits per heavy atom. The van der Waals surface area contributed by atoms with Crippen LogP contribution in [0.2, 0.25) is 0 Å². The molecule has 0 N–H and O–H groups in total. The summed E-state index contributed by atoms with van der Waals surface area (Å²) in [5.74, 6) is 1.88. The number of piperidine rings is 1. The Hall–Kier alpha value is -2.71. The molecule has 2 aromatic heterocycles. The minimum atomic E-state index is -0.0607. The molecule has 26 heavy (non-hydrogen) atoms. The van der Waals surface area contributed by atoms with E-state index in [-0.39, 0.29) is 5.91 Å². The van der Waals surface area contributed by atoms with E-state index in [0.29, 0.717) is 18.8 Å². The lowest BCUT2D eigenvalue weighted by atomic mass is 10.1. The summed E-state index contributed by atoms with van der Waals surface area (Å²) in [6, 6.07) is 2.07. The monoisotopic (exact) mass is 356 g/mol. The van der Waals surface area contributed by atoms with Crippen LogP contribution < -0.4 is 9.80 Å². The van der Waals surface area contributed by atoms with Crippen LogP contribution in [0.25, 0.3) is 0 Å². The van der Waals surface area contributed by atoms with Crippen molar-refractivity contribution in [1.29, 1.82) is 0 Å². The number of aryl methyl sites for hydroxylation is 1. The van der Waals surface area contributed by atoms with Crippen LogP contribution in [0.5, 0.6) is 0 Å². The van der Waals surface area contributed by atoms with Crippen molar-refractivity contribution in [3.05, 3.63) is 24.3 Å². The van der Waals surface area contributed by atoms with Crippen molar-refractivity contribution in [2.75, 3.05) is 49.1 Å². The van der Waals surface area contributed by atoms with Gasteiger partial charge in [0.1, 0.15) is 18.0 Å². The van der Waals surface area contributed by atoms with Gasteiger partial charge in [-0.05, 0) is 19.3 Å². The van der Waals surface area contributed by atoms with Gasteiger partial charge in [0.15, 0.2) is 5.69 Å². The van der Waals surface area contributed by atoms with Gasteiger partial charge < -0.3 is 14.7 Å². The molecule has 2 fully saturated rings. The van der Waals surface area contributed by atoms with Crippen LogP contribution in [-0.2, 0) is 7.05 Å². The van der Waals surface area contributed by atoms with Gasteiger partial charge in [-0.1, -0.05) is 5.21 Å². The standard InChI is InChI=1S/C17H24N8O/c1-22-12-14(20-21-22)17(26)25-9-7-24(8-10-25)16-11-15(18-13-19-16)23-5-3-2-4-6-23/h11-13H,2-10H2,1H3. The van der Waals surface area contributed by atoms with Crippen molar-refractivity contribution < 1.29 is 4.79 Å². The molecule has 2 aliphatic heterocycles. The van der Waals surface area contributed by atoms with Gasteiger partial charge in [0, 0.05) is 52.4 Å². The maximum Gasteiger partial charge on any atom is 0.276 e. The summed E-state index contributed by atoms with van der Waals surface area (Å²) in [4.78, 5) is 27.8. The molecule has 4 heterocycles. The first kappa shape index (κ1) is 16.7. The third-order valence-electron chi connectivity index (χ3n) is 5.03. The fourth-order valence-corrected chi connectivity index (χ4v) is 3.55. The Bertz CT molecular complexity index is 762. The zero-order chi connectivity index (χ0) is 17.9. The second kappa shape index (κ2) is 7.27. The fraction of sp³-hybridized carbons (Fsp3) is 0.588. The highest BCUT2D eigenvalue weighted by Gasteiger charge is 2.25. The average Bonchev–Trinajstić information content (AvgIpc) is 3.15. The first-order valence-corrected chi connectivity index (χ1v) is 9.18. The van der Waals surface area contributed by atoms with E-state index in [0.717, 1.165) is 37.8 Å². The van der Waals surface area contributed by atoms with Gasteiger partial charge in [0.2, 0.25) is 0 Å². The molecule has 0 bridgehead atoms. The average molecular weight is 356 g/mol. The lowest BCUT2D eigenvalue weighted by Crippen LogP contribution is -2.49. The zero-order valence-electron chi connectivity index (χ0n) is 15.1. The van der Waals surface area contributed by atoms with Gasteiger partial charge in [-0.2, -0.15) is 0 Å². The van der Waals surface area contributed by atoms with E-state index in [1.807, 2.05) is 4.90 Å². The Morgan fingerprint density at radius 1 is 0.923 bits per heavy atom. The summed E-state index contributed by atoms with van der Waals surface area (Å²) in [6.07, 6.45) is 7.06. The van der Waals surface area contributed by atoms with E-state index in [1.54, 1.807) is 24.3 Å². The summed E-state index contributed by atoms with van der Waals surface area (Å²) >= 11 is 0. The van der Waals surface area contributed by atoms with Gasteiger partial charge in [0.25, 0.3) is 5.91 Å². The summed E-state index contributed by atoms with van der Waals surface area (Å²) in [5, 5.41) is 7.75. The Morgan fingerprint density at radius 3 is 2.19 bits per heavy atom. The van der Waals surface area contributed by atoms with Gasteiger partial charge in [-0.3, -0.25) is 9.48 Å². The minimum absolute atomic E-state index is 0.0607. The van der Waals surface area contributed by atoms with Gasteiger partial charge in [0.05, 0.1) is 6.20 Å². The van der Waals surface area contributed by atoms with Crippen LogP contribution in [0.15, 0.2) is 18.6 Å². The van der Waals surface area contributed by atoms with Crippen LogP contribution in [-0.4, -0.2) is 75.0 Å². The number of hydrogen-bond acceptors (Lipinski definition) is 7.